The molecule has 34 heavy (non-hydrogen) atoms. The van der Waals surface area contributed by atoms with Crippen LogP contribution in [0.25, 0.3) is 10.8 Å². The van der Waals surface area contributed by atoms with Crippen LogP contribution in [0.3, 0.4) is 0 Å². The van der Waals surface area contributed by atoms with E-state index in [-0.39, 0.29) is 17.8 Å². The molecule has 1 saturated carbocycles. The van der Waals surface area contributed by atoms with Crippen molar-refractivity contribution in [2.45, 2.75) is 83.6 Å². The van der Waals surface area contributed by atoms with Crippen molar-refractivity contribution in [3.05, 3.63) is 41.5 Å². The zero-order chi connectivity index (χ0) is 23.9. The van der Waals surface area contributed by atoms with Crippen molar-refractivity contribution in [2.75, 3.05) is 18.5 Å². The van der Waals surface area contributed by atoms with Gasteiger partial charge in [0, 0.05) is 46.6 Å². The molecule has 182 valence electrons. The molecule has 0 spiro atoms. The van der Waals surface area contributed by atoms with Crippen LogP contribution >= 0.6 is 0 Å². The van der Waals surface area contributed by atoms with Crippen LogP contribution in [0.1, 0.15) is 98.3 Å². The molecule has 1 aliphatic carbocycles. The van der Waals surface area contributed by atoms with E-state index in [2.05, 4.69) is 5.32 Å². The van der Waals surface area contributed by atoms with Crippen molar-refractivity contribution in [3.63, 3.8) is 0 Å². The maximum absolute atomic E-state index is 13.3. The van der Waals surface area contributed by atoms with E-state index < -0.39 is 0 Å². The molecule has 0 bridgehead atoms. The zero-order valence-corrected chi connectivity index (χ0v) is 20.2. The predicted octanol–water partition coefficient (Wildman–Crippen LogP) is 6.08. The quantitative estimate of drug-likeness (QED) is 0.276. The minimum absolute atomic E-state index is 0.200. The Balaban J connectivity index is 1.46. The molecule has 1 aliphatic heterocycles. The van der Waals surface area contributed by atoms with Gasteiger partial charge in [-0.15, -0.1) is 0 Å². The third kappa shape index (κ3) is 5.43. The lowest BCUT2D eigenvalue weighted by molar-refractivity contribution is -0.143. The Hall–Kier alpha value is -2.89. The van der Waals surface area contributed by atoms with Gasteiger partial charge < -0.3 is 10.1 Å². The number of amides is 2. The molecule has 2 amide bonds. The van der Waals surface area contributed by atoms with Gasteiger partial charge in [0.1, 0.15) is 0 Å². The average Bonchev–Trinajstić information content (AvgIpc) is 2.83. The van der Waals surface area contributed by atoms with Gasteiger partial charge in [-0.05, 0) is 50.3 Å². The predicted molar refractivity (Wildman–Crippen MR) is 134 cm³/mol. The Morgan fingerprint density at radius 1 is 0.941 bits per heavy atom. The summed E-state index contributed by atoms with van der Waals surface area (Å²) in [5, 5.41) is 5.46. The summed E-state index contributed by atoms with van der Waals surface area (Å²) >= 11 is 0. The van der Waals surface area contributed by atoms with Gasteiger partial charge in [-0.25, -0.2) is 0 Å². The minimum Gasteiger partial charge on any atom is -0.466 e. The number of carbonyl (C=O) groups is 3. The molecule has 0 radical (unpaired) electrons. The highest BCUT2D eigenvalue weighted by Crippen LogP contribution is 2.35. The Morgan fingerprint density at radius 3 is 2.38 bits per heavy atom. The van der Waals surface area contributed by atoms with Gasteiger partial charge in [0.05, 0.1) is 6.61 Å². The monoisotopic (exact) mass is 464 g/mol. The number of benzene rings is 2. The van der Waals surface area contributed by atoms with Crippen molar-refractivity contribution in [2.24, 2.45) is 0 Å². The van der Waals surface area contributed by atoms with Crippen molar-refractivity contribution >= 4 is 34.2 Å². The number of hydrogen-bond donors (Lipinski definition) is 1. The summed E-state index contributed by atoms with van der Waals surface area (Å²) < 4.78 is 5.10. The molecule has 0 unspecified atom stereocenters. The topological polar surface area (TPSA) is 75.7 Å². The molecule has 1 heterocycles. The maximum atomic E-state index is 13.3. The second-order valence-electron chi connectivity index (χ2n) is 9.47. The van der Waals surface area contributed by atoms with E-state index in [0.717, 1.165) is 42.1 Å². The molecule has 1 N–H and O–H groups in total. The molecule has 2 aromatic rings. The fraction of sp³-hybridized carbons (Fsp3) is 0.536. The third-order valence-electron chi connectivity index (χ3n) is 7.03. The van der Waals surface area contributed by atoms with E-state index in [1.807, 2.05) is 30.3 Å². The lowest BCUT2D eigenvalue weighted by atomic mass is 9.92. The van der Waals surface area contributed by atoms with Crippen LogP contribution in [0.4, 0.5) is 5.69 Å². The number of carbonyl (C=O) groups excluding carboxylic acids is 3. The molecule has 1 fully saturated rings. The summed E-state index contributed by atoms with van der Waals surface area (Å²) in [7, 11) is 0. The Morgan fingerprint density at radius 2 is 1.65 bits per heavy atom. The first-order chi connectivity index (χ1) is 16.6. The molecular weight excluding hydrogens is 428 g/mol. The summed E-state index contributed by atoms with van der Waals surface area (Å²) in [6.45, 7) is 2.52. The number of unbranched alkanes of at least 4 members (excludes halogenated alkanes) is 2. The normalized spacial score (nSPS) is 16.9. The van der Waals surface area contributed by atoms with E-state index in [1.165, 1.54) is 37.0 Å². The van der Waals surface area contributed by atoms with Gasteiger partial charge in [0.15, 0.2) is 0 Å². The van der Waals surface area contributed by atoms with Crippen molar-refractivity contribution in [1.82, 2.24) is 4.90 Å². The summed E-state index contributed by atoms with van der Waals surface area (Å²) in [6, 6.07) is 10.1. The third-order valence-corrected chi connectivity index (χ3v) is 7.03. The molecular formula is C28H36N2O4. The lowest BCUT2D eigenvalue weighted by Crippen LogP contribution is -2.41. The van der Waals surface area contributed by atoms with Crippen molar-refractivity contribution < 1.29 is 19.1 Å². The Bertz CT molecular complexity index is 1020. The number of anilines is 1. The molecule has 0 aromatic heterocycles. The standard InChI is InChI=1S/C28H36N2O4/c1-2-25(31)34-19-10-6-9-18-30-27(32)22-15-11-14-21-24(17-16-23(26(21)22)28(30)33)29-20-12-7-4-3-5-8-13-20/h11,14-17,20,29H,2-10,12-13,18-19H2,1H3. The summed E-state index contributed by atoms with van der Waals surface area (Å²) in [6.07, 6.45) is 11.3. The number of nitrogens with one attached hydrogen (secondary N) is 1. The Kier molecular flexibility index (Phi) is 8.20. The van der Waals surface area contributed by atoms with Crippen LogP contribution in [-0.2, 0) is 9.53 Å². The fourth-order valence-corrected chi connectivity index (χ4v) is 5.13. The van der Waals surface area contributed by atoms with Crippen LogP contribution in [0.2, 0.25) is 0 Å². The van der Waals surface area contributed by atoms with Crippen LogP contribution < -0.4 is 5.32 Å². The van der Waals surface area contributed by atoms with Gasteiger partial charge >= 0.3 is 5.97 Å². The second-order valence-corrected chi connectivity index (χ2v) is 9.47. The van der Waals surface area contributed by atoms with Crippen LogP contribution in [0.5, 0.6) is 0 Å². The second kappa shape index (κ2) is 11.5. The number of esters is 1. The van der Waals surface area contributed by atoms with Crippen LogP contribution in [0.15, 0.2) is 30.3 Å². The zero-order valence-electron chi connectivity index (χ0n) is 20.2. The highest BCUT2D eigenvalue weighted by Gasteiger charge is 2.33. The van der Waals surface area contributed by atoms with E-state index in [9.17, 15) is 14.4 Å². The van der Waals surface area contributed by atoms with Gasteiger partial charge in [-0.3, -0.25) is 19.3 Å². The molecule has 6 nitrogen and oxygen atoms in total. The van der Waals surface area contributed by atoms with E-state index in [4.69, 9.17) is 4.74 Å². The van der Waals surface area contributed by atoms with E-state index in [0.29, 0.717) is 43.2 Å². The molecule has 2 aliphatic rings. The van der Waals surface area contributed by atoms with Crippen LogP contribution in [-0.4, -0.2) is 41.9 Å². The first kappa shape index (κ1) is 24.2. The smallest absolute Gasteiger partial charge is 0.305 e. The first-order valence-corrected chi connectivity index (χ1v) is 12.9. The molecule has 4 rings (SSSR count). The van der Waals surface area contributed by atoms with Gasteiger partial charge in [0.2, 0.25) is 0 Å². The van der Waals surface area contributed by atoms with Crippen LogP contribution in [0, 0.1) is 0 Å². The highest BCUT2D eigenvalue weighted by molar-refractivity contribution is 6.26. The van der Waals surface area contributed by atoms with Crippen molar-refractivity contribution in [3.8, 4) is 0 Å². The number of ether oxygens (including phenoxy) is 1. The highest BCUT2D eigenvalue weighted by atomic mass is 16.5. The number of nitrogens with zero attached hydrogens (tertiary/aromatic N) is 1. The van der Waals surface area contributed by atoms with E-state index in [1.54, 1.807) is 6.92 Å². The van der Waals surface area contributed by atoms with Gasteiger partial charge in [0.25, 0.3) is 11.8 Å². The number of imide groups is 1. The fourth-order valence-electron chi connectivity index (χ4n) is 5.13. The van der Waals surface area contributed by atoms with E-state index >= 15 is 0 Å². The average molecular weight is 465 g/mol. The molecule has 6 heteroatoms. The number of hydrogen-bond acceptors (Lipinski definition) is 5. The van der Waals surface area contributed by atoms with Gasteiger partial charge in [-0.1, -0.05) is 51.2 Å². The Labute approximate surface area is 202 Å². The van der Waals surface area contributed by atoms with Crippen molar-refractivity contribution in [1.29, 1.82) is 0 Å². The summed E-state index contributed by atoms with van der Waals surface area (Å²) in [5.74, 6) is -0.637. The first-order valence-electron chi connectivity index (χ1n) is 12.9. The minimum atomic E-state index is -0.219. The number of rotatable bonds is 9. The largest absolute Gasteiger partial charge is 0.466 e. The summed E-state index contributed by atoms with van der Waals surface area (Å²) in [4.78, 5) is 39.1. The molecule has 0 saturated heterocycles. The summed E-state index contributed by atoms with van der Waals surface area (Å²) in [5.41, 5.74) is 2.22. The lowest BCUT2D eigenvalue weighted by Gasteiger charge is -2.29. The molecule has 0 atom stereocenters. The SMILES string of the molecule is CCC(=O)OCCCCCN1C(=O)c2cccc3c(NC4CCCCCCC4)ccc(c23)C1=O. The van der Waals surface area contributed by atoms with Gasteiger partial charge in [-0.2, -0.15) is 0 Å². The molecule has 2 aromatic carbocycles. The maximum Gasteiger partial charge on any atom is 0.305 e.